The highest BCUT2D eigenvalue weighted by atomic mass is 16.2. The third kappa shape index (κ3) is 3.76. The summed E-state index contributed by atoms with van der Waals surface area (Å²) in [6.45, 7) is 3.37. The molecule has 0 spiro atoms. The SMILES string of the molecule is CC1CCC(CN)(N(C)C(=O)NCc2ccccc2)CC1. The summed E-state index contributed by atoms with van der Waals surface area (Å²) in [6.07, 6.45) is 4.29. The largest absolute Gasteiger partial charge is 0.334 e. The lowest BCUT2D eigenvalue weighted by Gasteiger charge is -2.45. The standard InChI is InChI=1S/C17H27N3O/c1-14-8-10-17(13-18,11-9-14)20(2)16(21)19-12-15-6-4-3-5-7-15/h3-7,14H,8-13,18H2,1-2H3,(H,19,21). The third-order valence-electron chi connectivity index (χ3n) is 4.89. The molecule has 0 radical (unpaired) electrons. The van der Waals surface area contributed by atoms with Gasteiger partial charge in [0, 0.05) is 20.1 Å². The first kappa shape index (κ1) is 15.8. The van der Waals surface area contributed by atoms with E-state index in [2.05, 4.69) is 12.2 Å². The highest BCUT2D eigenvalue weighted by Gasteiger charge is 2.38. The average Bonchev–Trinajstić information content (AvgIpc) is 2.54. The Morgan fingerprint density at radius 2 is 1.95 bits per heavy atom. The predicted molar refractivity (Wildman–Crippen MR) is 85.9 cm³/mol. The van der Waals surface area contributed by atoms with Crippen LogP contribution in [0.25, 0.3) is 0 Å². The van der Waals surface area contributed by atoms with E-state index in [1.165, 1.54) is 0 Å². The Morgan fingerprint density at radius 1 is 1.33 bits per heavy atom. The van der Waals surface area contributed by atoms with Crippen molar-refractivity contribution in [1.29, 1.82) is 0 Å². The molecule has 1 aliphatic rings. The monoisotopic (exact) mass is 289 g/mol. The zero-order chi connectivity index (χ0) is 15.3. The summed E-state index contributed by atoms with van der Waals surface area (Å²) in [6, 6.07) is 9.94. The topological polar surface area (TPSA) is 58.4 Å². The summed E-state index contributed by atoms with van der Waals surface area (Å²) in [4.78, 5) is 14.3. The summed E-state index contributed by atoms with van der Waals surface area (Å²) >= 11 is 0. The zero-order valence-electron chi connectivity index (χ0n) is 13.1. The average molecular weight is 289 g/mol. The highest BCUT2D eigenvalue weighted by Crippen LogP contribution is 2.35. The van der Waals surface area contributed by atoms with Crippen molar-refractivity contribution >= 4 is 6.03 Å². The molecule has 0 aromatic heterocycles. The van der Waals surface area contributed by atoms with E-state index in [0.29, 0.717) is 13.1 Å². The van der Waals surface area contributed by atoms with Gasteiger partial charge in [0.05, 0.1) is 5.54 Å². The van der Waals surface area contributed by atoms with E-state index in [1.807, 2.05) is 42.3 Å². The van der Waals surface area contributed by atoms with Crippen LogP contribution < -0.4 is 11.1 Å². The zero-order valence-corrected chi connectivity index (χ0v) is 13.1. The third-order valence-corrected chi connectivity index (χ3v) is 4.89. The van der Waals surface area contributed by atoms with Crippen LogP contribution in [0.1, 0.15) is 38.2 Å². The van der Waals surface area contributed by atoms with Crippen molar-refractivity contribution in [2.75, 3.05) is 13.6 Å². The van der Waals surface area contributed by atoms with Gasteiger partial charge < -0.3 is 16.0 Å². The molecule has 3 N–H and O–H groups in total. The Hall–Kier alpha value is -1.55. The van der Waals surface area contributed by atoms with E-state index in [-0.39, 0.29) is 11.6 Å². The van der Waals surface area contributed by atoms with E-state index in [0.717, 1.165) is 37.2 Å². The van der Waals surface area contributed by atoms with Crippen molar-refractivity contribution in [1.82, 2.24) is 10.2 Å². The lowest BCUT2D eigenvalue weighted by atomic mass is 9.76. The summed E-state index contributed by atoms with van der Waals surface area (Å²) in [7, 11) is 1.88. The molecule has 116 valence electrons. The van der Waals surface area contributed by atoms with Gasteiger partial charge in [-0.15, -0.1) is 0 Å². The number of rotatable bonds is 4. The van der Waals surface area contributed by atoms with Crippen LogP contribution in [0, 0.1) is 5.92 Å². The first-order chi connectivity index (χ1) is 10.1. The van der Waals surface area contributed by atoms with Crippen LogP contribution in [-0.4, -0.2) is 30.1 Å². The molecular weight excluding hydrogens is 262 g/mol. The molecule has 1 aliphatic carbocycles. The van der Waals surface area contributed by atoms with Crippen LogP contribution in [0.5, 0.6) is 0 Å². The van der Waals surface area contributed by atoms with Crippen LogP contribution in [0.4, 0.5) is 4.79 Å². The molecule has 1 fully saturated rings. The second-order valence-electron chi connectivity index (χ2n) is 6.31. The van der Waals surface area contributed by atoms with E-state index in [1.54, 1.807) is 0 Å². The van der Waals surface area contributed by atoms with Crippen LogP contribution in [-0.2, 0) is 6.54 Å². The number of likely N-dealkylation sites (N-methyl/N-ethyl adjacent to an activating group) is 1. The maximum Gasteiger partial charge on any atom is 0.317 e. The van der Waals surface area contributed by atoms with E-state index in [4.69, 9.17) is 5.73 Å². The van der Waals surface area contributed by atoms with Crippen molar-refractivity contribution in [3.05, 3.63) is 35.9 Å². The lowest BCUT2D eigenvalue weighted by Crippen LogP contribution is -2.58. The lowest BCUT2D eigenvalue weighted by molar-refractivity contribution is 0.0898. The van der Waals surface area contributed by atoms with Crippen LogP contribution >= 0.6 is 0 Å². The van der Waals surface area contributed by atoms with Gasteiger partial charge in [-0.2, -0.15) is 0 Å². The van der Waals surface area contributed by atoms with Crippen molar-refractivity contribution in [3.8, 4) is 0 Å². The quantitative estimate of drug-likeness (QED) is 0.895. The molecule has 2 amide bonds. The molecule has 0 aliphatic heterocycles. The molecule has 0 heterocycles. The molecule has 1 aromatic carbocycles. The molecule has 0 unspecified atom stereocenters. The molecule has 21 heavy (non-hydrogen) atoms. The Kier molecular flexibility index (Phi) is 5.23. The van der Waals surface area contributed by atoms with Gasteiger partial charge in [-0.25, -0.2) is 4.79 Å². The second-order valence-corrected chi connectivity index (χ2v) is 6.31. The van der Waals surface area contributed by atoms with Gasteiger partial charge in [-0.05, 0) is 37.2 Å². The smallest absolute Gasteiger partial charge is 0.317 e. The molecule has 1 aromatic rings. The van der Waals surface area contributed by atoms with Crippen molar-refractivity contribution in [2.45, 2.75) is 44.7 Å². The van der Waals surface area contributed by atoms with Crippen LogP contribution in [0.15, 0.2) is 30.3 Å². The van der Waals surface area contributed by atoms with E-state index in [9.17, 15) is 4.79 Å². The minimum atomic E-state index is -0.173. The van der Waals surface area contributed by atoms with E-state index >= 15 is 0 Å². The van der Waals surface area contributed by atoms with E-state index < -0.39 is 0 Å². The number of nitrogens with one attached hydrogen (secondary N) is 1. The Morgan fingerprint density at radius 3 is 2.52 bits per heavy atom. The molecule has 4 nitrogen and oxygen atoms in total. The van der Waals surface area contributed by atoms with Gasteiger partial charge in [0.25, 0.3) is 0 Å². The number of urea groups is 1. The number of amides is 2. The minimum absolute atomic E-state index is 0.0288. The second kappa shape index (κ2) is 6.94. The molecule has 0 bridgehead atoms. The fourth-order valence-electron chi connectivity index (χ4n) is 3.08. The summed E-state index contributed by atoms with van der Waals surface area (Å²) in [5.41, 5.74) is 6.94. The van der Waals surface area contributed by atoms with Gasteiger partial charge in [0.1, 0.15) is 0 Å². The maximum absolute atomic E-state index is 12.4. The number of hydrogen-bond donors (Lipinski definition) is 2. The molecule has 0 saturated heterocycles. The van der Waals surface area contributed by atoms with Crippen molar-refractivity contribution in [3.63, 3.8) is 0 Å². The molecule has 0 atom stereocenters. The Labute approximate surface area is 127 Å². The first-order valence-corrected chi connectivity index (χ1v) is 7.83. The van der Waals surface area contributed by atoms with Crippen molar-refractivity contribution < 1.29 is 4.79 Å². The highest BCUT2D eigenvalue weighted by molar-refractivity contribution is 5.74. The fraction of sp³-hybridized carbons (Fsp3) is 0.588. The Balaban J connectivity index is 1.94. The summed E-state index contributed by atoms with van der Waals surface area (Å²) < 4.78 is 0. The number of hydrogen-bond acceptors (Lipinski definition) is 2. The number of nitrogens with zero attached hydrogens (tertiary/aromatic N) is 1. The van der Waals surface area contributed by atoms with Gasteiger partial charge in [0.15, 0.2) is 0 Å². The van der Waals surface area contributed by atoms with Crippen LogP contribution in [0.2, 0.25) is 0 Å². The Bertz CT molecular complexity index is 452. The van der Waals surface area contributed by atoms with Gasteiger partial charge in [-0.1, -0.05) is 37.3 Å². The molecule has 1 saturated carbocycles. The number of carbonyl (C=O) groups is 1. The van der Waals surface area contributed by atoms with Gasteiger partial charge in [0.2, 0.25) is 0 Å². The fourth-order valence-corrected chi connectivity index (χ4v) is 3.08. The number of benzene rings is 1. The summed E-state index contributed by atoms with van der Waals surface area (Å²) in [5, 5.41) is 3.00. The van der Waals surface area contributed by atoms with Gasteiger partial charge >= 0.3 is 6.03 Å². The first-order valence-electron chi connectivity index (χ1n) is 7.83. The molecular formula is C17H27N3O. The molecule has 4 heteroatoms. The number of carbonyl (C=O) groups excluding carboxylic acids is 1. The van der Waals surface area contributed by atoms with Crippen molar-refractivity contribution in [2.24, 2.45) is 11.7 Å². The van der Waals surface area contributed by atoms with Gasteiger partial charge in [-0.3, -0.25) is 0 Å². The van der Waals surface area contributed by atoms with Crippen LogP contribution in [0.3, 0.4) is 0 Å². The maximum atomic E-state index is 12.4. The predicted octanol–water partition coefficient (Wildman–Crippen LogP) is 2.74. The number of nitrogens with two attached hydrogens (primary N) is 1. The normalized spacial score (nSPS) is 25.4. The minimum Gasteiger partial charge on any atom is -0.334 e. The molecule has 2 rings (SSSR count). The summed E-state index contributed by atoms with van der Waals surface area (Å²) in [5.74, 6) is 0.741.